The van der Waals surface area contributed by atoms with Crippen LogP contribution in [0, 0.1) is 12.8 Å². The highest BCUT2D eigenvalue weighted by Gasteiger charge is 2.34. The van der Waals surface area contributed by atoms with Crippen LogP contribution in [0.3, 0.4) is 0 Å². The molecule has 3 rings (SSSR count). The molecule has 1 saturated heterocycles. The number of para-hydroxylation sites is 1. The molecule has 0 aromatic heterocycles. The first kappa shape index (κ1) is 21.3. The molecule has 1 aliphatic heterocycles. The van der Waals surface area contributed by atoms with Crippen LogP contribution in [0.1, 0.15) is 25.3 Å². The van der Waals surface area contributed by atoms with Crippen LogP contribution in [-0.4, -0.2) is 45.4 Å². The summed E-state index contributed by atoms with van der Waals surface area (Å²) in [6.07, 6.45) is 1.35. The van der Waals surface area contributed by atoms with E-state index >= 15 is 0 Å². The molecule has 0 aliphatic carbocycles. The lowest BCUT2D eigenvalue weighted by Gasteiger charge is -2.33. The van der Waals surface area contributed by atoms with Gasteiger partial charge in [0, 0.05) is 25.8 Å². The van der Waals surface area contributed by atoms with Crippen molar-refractivity contribution in [1.29, 1.82) is 0 Å². The quantitative estimate of drug-likeness (QED) is 0.723. The third kappa shape index (κ3) is 4.62. The Bertz CT molecular complexity index is 960. The number of benzene rings is 2. The minimum absolute atomic E-state index is 0.0565. The Kier molecular flexibility index (Phi) is 6.59. The molecule has 2 aromatic carbocycles. The van der Waals surface area contributed by atoms with E-state index in [9.17, 15) is 13.2 Å². The highest BCUT2D eigenvalue weighted by atomic mass is 32.2. The minimum atomic E-state index is -3.67. The summed E-state index contributed by atoms with van der Waals surface area (Å²) < 4.78 is 33.3. The van der Waals surface area contributed by atoms with Crippen LogP contribution in [0.4, 0.5) is 5.69 Å². The third-order valence-electron chi connectivity index (χ3n) is 5.29. The Labute approximate surface area is 173 Å². The number of aryl methyl sites for hydroxylation is 1. The first-order valence-electron chi connectivity index (χ1n) is 9.90. The zero-order valence-electron chi connectivity index (χ0n) is 17.2. The van der Waals surface area contributed by atoms with Gasteiger partial charge in [-0.15, -0.1) is 0 Å². The number of ether oxygens (including phenoxy) is 1. The first-order chi connectivity index (χ1) is 13.8. The van der Waals surface area contributed by atoms with Crippen LogP contribution < -0.4 is 9.64 Å². The van der Waals surface area contributed by atoms with Gasteiger partial charge in [0.05, 0.1) is 17.4 Å². The number of sulfonamides is 1. The van der Waals surface area contributed by atoms with Gasteiger partial charge in [0.2, 0.25) is 15.9 Å². The van der Waals surface area contributed by atoms with E-state index in [0.717, 1.165) is 11.3 Å². The van der Waals surface area contributed by atoms with Crippen molar-refractivity contribution in [1.82, 2.24) is 4.31 Å². The summed E-state index contributed by atoms with van der Waals surface area (Å²) in [6, 6.07) is 14.3. The third-order valence-corrected chi connectivity index (χ3v) is 7.15. The van der Waals surface area contributed by atoms with E-state index in [4.69, 9.17) is 4.74 Å². The van der Waals surface area contributed by atoms with E-state index in [2.05, 4.69) is 0 Å². The molecule has 1 aliphatic rings. The van der Waals surface area contributed by atoms with E-state index in [1.54, 1.807) is 30.1 Å². The molecule has 156 valence electrons. The predicted molar refractivity (Wildman–Crippen MR) is 114 cm³/mol. The van der Waals surface area contributed by atoms with Crippen LogP contribution in [0.25, 0.3) is 0 Å². The number of hydrogen-bond acceptors (Lipinski definition) is 4. The van der Waals surface area contributed by atoms with Gasteiger partial charge in [0.25, 0.3) is 0 Å². The van der Waals surface area contributed by atoms with E-state index < -0.39 is 10.0 Å². The van der Waals surface area contributed by atoms with Crippen molar-refractivity contribution in [2.45, 2.75) is 31.6 Å². The molecule has 0 N–H and O–H groups in total. The number of nitrogens with zero attached hydrogens (tertiary/aromatic N) is 2. The van der Waals surface area contributed by atoms with Gasteiger partial charge in [-0.25, -0.2) is 8.42 Å². The van der Waals surface area contributed by atoms with Crippen LogP contribution in [0.15, 0.2) is 53.4 Å². The van der Waals surface area contributed by atoms with Crippen LogP contribution >= 0.6 is 0 Å². The predicted octanol–water partition coefficient (Wildman–Crippen LogP) is 3.46. The summed E-state index contributed by atoms with van der Waals surface area (Å²) in [6.45, 7) is 4.87. The second kappa shape index (κ2) is 8.97. The Hall–Kier alpha value is -2.38. The van der Waals surface area contributed by atoms with Gasteiger partial charge >= 0.3 is 0 Å². The van der Waals surface area contributed by atoms with Gasteiger partial charge in [-0.2, -0.15) is 4.31 Å². The van der Waals surface area contributed by atoms with Gasteiger partial charge in [0.15, 0.2) is 0 Å². The van der Waals surface area contributed by atoms with Gasteiger partial charge in [0.1, 0.15) is 5.75 Å². The van der Waals surface area contributed by atoms with Crippen molar-refractivity contribution >= 4 is 21.6 Å². The molecule has 1 fully saturated rings. The fourth-order valence-corrected chi connectivity index (χ4v) is 5.27. The molecule has 0 spiro atoms. The van der Waals surface area contributed by atoms with Crippen molar-refractivity contribution in [3.05, 3.63) is 54.1 Å². The Morgan fingerprint density at radius 2 is 1.93 bits per heavy atom. The lowest BCUT2D eigenvalue weighted by atomic mass is 9.98. The molecular weight excluding hydrogens is 388 g/mol. The number of rotatable bonds is 6. The highest BCUT2D eigenvalue weighted by molar-refractivity contribution is 7.89. The zero-order chi connectivity index (χ0) is 21.0. The number of amides is 1. The topological polar surface area (TPSA) is 66.9 Å². The number of carbonyl (C=O) groups excluding carboxylic acids is 1. The summed E-state index contributed by atoms with van der Waals surface area (Å²) in [5, 5.41) is 0. The molecule has 1 amide bonds. The number of carbonyl (C=O) groups is 1. The maximum absolute atomic E-state index is 13.2. The molecule has 7 heteroatoms. The van der Waals surface area contributed by atoms with E-state index in [-0.39, 0.29) is 23.3 Å². The summed E-state index contributed by atoms with van der Waals surface area (Å²) in [5.41, 5.74) is 1.58. The summed E-state index contributed by atoms with van der Waals surface area (Å²) in [7, 11) is -1.93. The Balaban J connectivity index is 1.77. The molecule has 2 aromatic rings. The van der Waals surface area contributed by atoms with Gasteiger partial charge in [-0.3, -0.25) is 4.79 Å². The molecular formula is C22H28N2O4S. The van der Waals surface area contributed by atoms with Gasteiger partial charge in [-0.05, 0) is 62.6 Å². The standard InChI is InChI=1S/C22H28N2O4S/c1-4-28-21-13-12-20(15-17(21)2)29(26,27)24-14-8-9-18(16-24)22(25)23(3)19-10-6-5-7-11-19/h5-7,10-13,15,18H,4,8-9,14,16H2,1-3H3/t18-/m1/s1. The molecule has 6 nitrogen and oxygen atoms in total. The molecule has 1 heterocycles. The average molecular weight is 417 g/mol. The van der Waals surface area contributed by atoms with E-state index in [1.807, 2.05) is 44.2 Å². The van der Waals surface area contributed by atoms with Gasteiger partial charge in [-0.1, -0.05) is 18.2 Å². The molecule has 0 saturated carbocycles. The van der Waals surface area contributed by atoms with Gasteiger partial charge < -0.3 is 9.64 Å². The summed E-state index contributed by atoms with van der Waals surface area (Å²) in [4.78, 5) is 14.8. The van der Waals surface area contributed by atoms with Crippen molar-refractivity contribution in [3.63, 3.8) is 0 Å². The monoisotopic (exact) mass is 416 g/mol. The largest absolute Gasteiger partial charge is 0.494 e. The molecule has 0 radical (unpaired) electrons. The number of hydrogen-bond donors (Lipinski definition) is 0. The Morgan fingerprint density at radius 1 is 1.21 bits per heavy atom. The SMILES string of the molecule is CCOc1ccc(S(=O)(=O)N2CCC[C@@H](C(=O)N(C)c3ccccc3)C2)cc1C. The van der Waals surface area contributed by atoms with Crippen molar-refractivity contribution in [3.8, 4) is 5.75 Å². The van der Waals surface area contributed by atoms with Crippen LogP contribution in [0.2, 0.25) is 0 Å². The first-order valence-corrected chi connectivity index (χ1v) is 11.3. The number of anilines is 1. The summed E-state index contributed by atoms with van der Waals surface area (Å²) in [5.74, 6) is 0.272. The van der Waals surface area contributed by atoms with Crippen molar-refractivity contribution in [2.75, 3.05) is 31.6 Å². The molecule has 29 heavy (non-hydrogen) atoms. The minimum Gasteiger partial charge on any atom is -0.494 e. The zero-order valence-corrected chi connectivity index (χ0v) is 18.0. The fraction of sp³-hybridized carbons (Fsp3) is 0.409. The normalized spacial score (nSPS) is 17.7. The Morgan fingerprint density at radius 3 is 2.59 bits per heavy atom. The molecule has 1 atom stereocenters. The molecule has 0 unspecified atom stereocenters. The second-order valence-corrected chi connectivity index (χ2v) is 9.23. The maximum Gasteiger partial charge on any atom is 0.243 e. The molecule has 0 bridgehead atoms. The van der Waals surface area contributed by atoms with E-state index in [0.29, 0.717) is 31.7 Å². The lowest BCUT2D eigenvalue weighted by Crippen LogP contribution is -2.45. The second-order valence-electron chi connectivity index (χ2n) is 7.30. The maximum atomic E-state index is 13.2. The van der Waals surface area contributed by atoms with E-state index in [1.165, 1.54) is 4.31 Å². The van der Waals surface area contributed by atoms with Crippen LogP contribution in [0.5, 0.6) is 5.75 Å². The number of piperidine rings is 1. The summed E-state index contributed by atoms with van der Waals surface area (Å²) >= 11 is 0. The van der Waals surface area contributed by atoms with Crippen LogP contribution in [-0.2, 0) is 14.8 Å². The van der Waals surface area contributed by atoms with Crippen molar-refractivity contribution in [2.24, 2.45) is 5.92 Å². The average Bonchev–Trinajstić information content (AvgIpc) is 2.75. The van der Waals surface area contributed by atoms with Crippen molar-refractivity contribution < 1.29 is 17.9 Å². The lowest BCUT2D eigenvalue weighted by molar-refractivity contribution is -0.123. The smallest absolute Gasteiger partial charge is 0.243 e. The highest BCUT2D eigenvalue weighted by Crippen LogP contribution is 2.28. The fourth-order valence-electron chi connectivity index (χ4n) is 3.66.